The van der Waals surface area contributed by atoms with Crippen LogP contribution in [0.15, 0.2) is 0 Å². The molecule has 142 valence electrons. The molecule has 0 aliphatic heterocycles. The smallest absolute Gasteiger partial charge is 0.332 e. The Labute approximate surface area is 143 Å². The Morgan fingerprint density at radius 2 is 1.17 bits per heavy atom. The van der Waals surface area contributed by atoms with Gasteiger partial charge >= 0.3 is 5.97 Å². The molecule has 0 aromatic rings. The van der Waals surface area contributed by atoms with Crippen molar-refractivity contribution in [3.8, 4) is 0 Å². The van der Waals surface area contributed by atoms with Crippen molar-refractivity contribution in [1.82, 2.24) is 0 Å². The van der Waals surface area contributed by atoms with E-state index in [2.05, 4.69) is 18.9 Å². The van der Waals surface area contributed by atoms with E-state index in [-0.39, 0.29) is 36.7 Å². The number of methoxy groups -OCH3 is 3. The number of hydrogen-bond donors (Lipinski definition) is 0. The highest BCUT2D eigenvalue weighted by Gasteiger charge is 2.12. The van der Waals surface area contributed by atoms with Gasteiger partial charge in [-0.2, -0.15) is 0 Å². The maximum absolute atomic E-state index is 10.7. The summed E-state index contributed by atoms with van der Waals surface area (Å²) in [6.07, 6.45) is -0.905. The van der Waals surface area contributed by atoms with Crippen LogP contribution in [0.25, 0.3) is 0 Å². The third-order valence-corrected chi connectivity index (χ3v) is 2.42. The Hall–Kier alpha value is -1.64. The highest BCUT2D eigenvalue weighted by molar-refractivity contribution is 5.83. The van der Waals surface area contributed by atoms with Gasteiger partial charge in [-0.3, -0.25) is 14.4 Å². The molecule has 0 heterocycles. The van der Waals surface area contributed by atoms with Crippen molar-refractivity contribution >= 4 is 23.3 Å². The molecule has 0 aromatic heterocycles. The number of carbonyl (C=O) groups is 4. The Kier molecular flexibility index (Phi) is 20.1. The lowest BCUT2D eigenvalue weighted by atomic mass is 10.3. The number of esters is 1. The maximum Gasteiger partial charge on any atom is 0.332 e. The third kappa shape index (κ3) is 22.6. The van der Waals surface area contributed by atoms with Gasteiger partial charge in [0.1, 0.15) is 19.3 Å². The van der Waals surface area contributed by atoms with Crippen molar-refractivity contribution in [2.75, 3.05) is 34.5 Å². The maximum atomic E-state index is 10.7. The van der Waals surface area contributed by atoms with Gasteiger partial charge in [0.25, 0.3) is 0 Å². The van der Waals surface area contributed by atoms with Crippen LogP contribution in [0.5, 0.6) is 0 Å². The summed E-state index contributed by atoms with van der Waals surface area (Å²) in [5, 5.41) is 0. The van der Waals surface area contributed by atoms with Gasteiger partial charge in [0.2, 0.25) is 0 Å². The summed E-state index contributed by atoms with van der Waals surface area (Å²) in [4.78, 5) is 41.4. The second kappa shape index (κ2) is 17.7. The quantitative estimate of drug-likeness (QED) is 0.597. The van der Waals surface area contributed by atoms with Crippen LogP contribution in [0.4, 0.5) is 0 Å². The lowest BCUT2D eigenvalue weighted by Gasteiger charge is -2.08. The Balaban J connectivity index is -0.000000294. The van der Waals surface area contributed by atoms with Gasteiger partial charge in [-0.25, -0.2) is 4.79 Å². The summed E-state index contributed by atoms with van der Waals surface area (Å²) in [5.41, 5.74) is 0. The van der Waals surface area contributed by atoms with Gasteiger partial charge in [-0.05, 0) is 34.6 Å². The first-order valence-corrected chi connectivity index (χ1v) is 7.23. The Bertz CT molecular complexity index is 378. The molecule has 0 amide bonds. The number of Topliss-reactive ketones (excluding diaryl/α,β-unsaturated/α-hetero) is 3. The highest BCUT2D eigenvalue weighted by atomic mass is 16.6. The van der Waals surface area contributed by atoms with Crippen molar-refractivity contribution in [3.05, 3.63) is 0 Å². The summed E-state index contributed by atoms with van der Waals surface area (Å²) >= 11 is 0. The van der Waals surface area contributed by atoms with Crippen LogP contribution >= 0.6 is 0 Å². The number of carbonyl (C=O) groups excluding carboxylic acids is 4. The van der Waals surface area contributed by atoms with E-state index in [0.717, 1.165) is 0 Å². The van der Waals surface area contributed by atoms with Crippen LogP contribution in [0, 0.1) is 0 Å². The van der Waals surface area contributed by atoms with Crippen LogP contribution in [-0.4, -0.2) is 70.1 Å². The van der Waals surface area contributed by atoms with Gasteiger partial charge in [0, 0.05) is 21.3 Å². The molecule has 0 saturated heterocycles. The van der Waals surface area contributed by atoms with Crippen LogP contribution in [0.3, 0.4) is 0 Å². The van der Waals surface area contributed by atoms with Crippen LogP contribution < -0.4 is 0 Å². The molecule has 0 aliphatic rings. The molecule has 0 radical (unpaired) electrons. The highest BCUT2D eigenvalue weighted by Crippen LogP contribution is 1.92. The standard InChI is InChI=1S/C7H12O4.C5H10O2.C4H8O2/c1-5(8)6(2)11-7(9)4-10-3;1-4(6)5(2)7-3;1-4(5)3-6-2/h6H,4H2,1-3H3;5H,1-3H3;3H2,1-2H3. The van der Waals surface area contributed by atoms with Crippen LogP contribution in [0.2, 0.25) is 0 Å². The molecule has 8 heteroatoms. The van der Waals surface area contributed by atoms with E-state index < -0.39 is 12.1 Å². The first-order valence-electron chi connectivity index (χ1n) is 7.23. The monoisotopic (exact) mass is 350 g/mol. The van der Waals surface area contributed by atoms with Crippen molar-refractivity contribution in [2.24, 2.45) is 0 Å². The zero-order valence-corrected chi connectivity index (χ0v) is 15.8. The number of ketones is 3. The summed E-state index contributed by atoms with van der Waals surface area (Å²) in [6, 6.07) is 0. The van der Waals surface area contributed by atoms with Crippen molar-refractivity contribution < 1.29 is 38.1 Å². The molecule has 2 unspecified atom stereocenters. The lowest BCUT2D eigenvalue weighted by molar-refractivity contribution is -0.156. The minimum atomic E-state index is -0.669. The van der Waals surface area contributed by atoms with E-state index in [1.807, 2.05) is 0 Å². The van der Waals surface area contributed by atoms with Crippen molar-refractivity contribution in [2.45, 2.75) is 46.8 Å². The third-order valence-electron chi connectivity index (χ3n) is 2.42. The minimum Gasteiger partial charge on any atom is -0.453 e. The summed E-state index contributed by atoms with van der Waals surface area (Å²) in [7, 11) is 4.41. The normalized spacial score (nSPS) is 11.7. The molecule has 8 nitrogen and oxygen atoms in total. The molecule has 0 fully saturated rings. The largest absolute Gasteiger partial charge is 0.453 e. The van der Waals surface area contributed by atoms with Gasteiger partial charge in [-0.1, -0.05) is 0 Å². The van der Waals surface area contributed by atoms with E-state index in [0.29, 0.717) is 0 Å². The summed E-state index contributed by atoms with van der Waals surface area (Å²) in [6.45, 7) is 7.73. The topological polar surface area (TPSA) is 105 Å². The zero-order chi connectivity index (χ0) is 19.7. The zero-order valence-electron chi connectivity index (χ0n) is 15.8. The summed E-state index contributed by atoms with van der Waals surface area (Å²) < 4.78 is 18.3. The minimum absolute atomic E-state index is 0.0671. The van der Waals surface area contributed by atoms with E-state index in [4.69, 9.17) is 0 Å². The Morgan fingerprint density at radius 3 is 1.33 bits per heavy atom. The van der Waals surface area contributed by atoms with E-state index in [1.165, 1.54) is 49.0 Å². The van der Waals surface area contributed by atoms with Gasteiger partial charge in [-0.15, -0.1) is 0 Å². The van der Waals surface area contributed by atoms with E-state index in [9.17, 15) is 19.2 Å². The van der Waals surface area contributed by atoms with Gasteiger partial charge in [0.05, 0.1) is 0 Å². The van der Waals surface area contributed by atoms with Gasteiger partial charge < -0.3 is 18.9 Å². The molecule has 0 bridgehead atoms. The molecule has 2 atom stereocenters. The molecule has 0 rings (SSSR count). The molecule has 24 heavy (non-hydrogen) atoms. The SMILES string of the molecule is COC(C)C(C)=O.COCC(=O)OC(C)C(C)=O.COCC(C)=O. The predicted molar refractivity (Wildman–Crippen MR) is 87.8 cm³/mol. The van der Waals surface area contributed by atoms with Crippen molar-refractivity contribution in [1.29, 1.82) is 0 Å². The average Bonchev–Trinajstić information content (AvgIpc) is 2.47. The predicted octanol–water partition coefficient (Wildman–Crippen LogP) is 0.986. The number of hydrogen-bond acceptors (Lipinski definition) is 8. The van der Waals surface area contributed by atoms with E-state index >= 15 is 0 Å². The number of rotatable bonds is 8. The Morgan fingerprint density at radius 1 is 0.750 bits per heavy atom. The summed E-state index contributed by atoms with van der Waals surface area (Å²) in [5.74, 6) is -0.551. The lowest BCUT2D eigenvalue weighted by Crippen LogP contribution is -2.24. The molecular formula is C16H30O8. The van der Waals surface area contributed by atoms with Gasteiger partial charge in [0.15, 0.2) is 23.5 Å². The molecule has 0 N–H and O–H groups in total. The molecule has 0 aliphatic carbocycles. The fourth-order valence-electron chi connectivity index (χ4n) is 0.801. The van der Waals surface area contributed by atoms with Crippen molar-refractivity contribution in [3.63, 3.8) is 0 Å². The molecule has 0 saturated carbocycles. The average molecular weight is 350 g/mol. The van der Waals surface area contributed by atoms with E-state index in [1.54, 1.807) is 6.92 Å². The number of ether oxygens (including phenoxy) is 4. The molecule has 0 spiro atoms. The second-order valence-electron chi connectivity index (χ2n) is 4.80. The molecular weight excluding hydrogens is 320 g/mol. The van der Waals surface area contributed by atoms with Crippen LogP contribution in [0.1, 0.15) is 34.6 Å². The second-order valence-corrected chi connectivity index (χ2v) is 4.80. The molecule has 0 aromatic carbocycles. The van der Waals surface area contributed by atoms with Crippen LogP contribution in [-0.2, 0) is 38.1 Å². The fraction of sp³-hybridized carbons (Fsp3) is 0.750. The fourth-order valence-corrected chi connectivity index (χ4v) is 0.801. The first-order chi connectivity index (χ1) is 11.0. The first kappa shape index (κ1) is 27.2.